The third kappa shape index (κ3) is 3.09. The van der Waals surface area contributed by atoms with Gasteiger partial charge in [-0.3, -0.25) is 4.79 Å². The van der Waals surface area contributed by atoms with E-state index in [1.54, 1.807) is 6.07 Å². The van der Waals surface area contributed by atoms with Crippen LogP contribution in [0.2, 0.25) is 0 Å². The molecule has 16 heavy (non-hydrogen) atoms. The highest BCUT2D eigenvalue weighted by molar-refractivity contribution is 5.94. The number of nitrogens with zero attached hydrogens (tertiary/aromatic N) is 1. The fraction of sp³-hybridized carbons (Fsp3) is 0.385. The molecule has 0 heterocycles. The van der Waals surface area contributed by atoms with Crippen LogP contribution in [0.4, 0.5) is 0 Å². The molecule has 1 N–H and O–H groups in total. The van der Waals surface area contributed by atoms with Gasteiger partial charge < -0.3 is 5.32 Å². The van der Waals surface area contributed by atoms with Gasteiger partial charge in [0.2, 0.25) is 0 Å². The fourth-order valence-corrected chi connectivity index (χ4v) is 1.36. The van der Waals surface area contributed by atoms with Gasteiger partial charge in [0.15, 0.2) is 0 Å². The van der Waals surface area contributed by atoms with Crippen molar-refractivity contribution in [2.75, 3.05) is 0 Å². The summed E-state index contributed by atoms with van der Waals surface area (Å²) in [5, 5.41) is 11.6. The predicted molar refractivity (Wildman–Crippen MR) is 62.9 cm³/mol. The first-order valence-corrected chi connectivity index (χ1v) is 5.31. The highest BCUT2D eigenvalue weighted by atomic mass is 16.1. The lowest BCUT2D eigenvalue weighted by Gasteiger charge is -2.14. The van der Waals surface area contributed by atoms with E-state index in [9.17, 15) is 4.79 Å². The van der Waals surface area contributed by atoms with Crippen molar-refractivity contribution in [1.82, 2.24) is 5.32 Å². The topological polar surface area (TPSA) is 52.9 Å². The van der Waals surface area contributed by atoms with Crippen LogP contribution in [0.3, 0.4) is 0 Å². The van der Waals surface area contributed by atoms with Crippen LogP contribution in [0.25, 0.3) is 0 Å². The molecule has 1 rings (SSSR count). The van der Waals surface area contributed by atoms with Crippen molar-refractivity contribution < 1.29 is 4.79 Å². The van der Waals surface area contributed by atoms with E-state index >= 15 is 0 Å². The fourth-order valence-electron chi connectivity index (χ4n) is 1.36. The number of amides is 1. The molecular formula is C13H16N2O. The van der Waals surface area contributed by atoms with Crippen molar-refractivity contribution in [2.24, 2.45) is 5.92 Å². The van der Waals surface area contributed by atoms with Crippen molar-refractivity contribution in [2.45, 2.75) is 26.8 Å². The van der Waals surface area contributed by atoms with Gasteiger partial charge in [0.05, 0.1) is 6.07 Å². The highest BCUT2D eigenvalue weighted by Gasteiger charge is 2.16. The van der Waals surface area contributed by atoms with Crippen LogP contribution in [0.5, 0.6) is 0 Å². The maximum atomic E-state index is 11.8. The van der Waals surface area contributed by atoms with Crippen LogP contribution in [0.15, 0.2) is 24.3 Å². The summed E-state index contributed by atoms with van der Waals surface area (Å²) < 4.78 is 0. The van der Waals surface area contributed by atoms with Crippen molar-refractivity contribution in [3.05, 3.63) is 35.4 Å². The molecule has 1 amide bonds. The first-order valence-electron chi connectivity index (χ1n) is 5.31. The summed E-state index contributed by atoms with van der Waals surface area (Å²) in [5.74, 6) is -0.0808. The zero-order valence-corrected chi connectivity index (χ0v) is 9.82. The van der Waals surface area contributed by atoms with Gasteiger partial charge in [0.1, 0.15) is 6.04 Å². The average Bonchev–Trinajstić information content (AvgIpc) is 2.25. The van der Waals surface area contributed by atoms with E-state index < -0.39 is 6.04 Å². The number of rotatable bonds is 3. The molecule has 0 radical (unpaired) electrons. The van der Waals surface area contributed by atoms with Crippen molar-refractivity contribution in [1.29, 1.82) is 5.26 Å². The normalized spacial score (nSPS) is 11.9. The van der Waals surface area contributed by atoms with Crippen LogP contribution in [0, 0.1) is 24.2 Å². The van der Waals surface area contributed by atoms with Gasteiger partial charge in [-0.05, 0) is 25.0 Å². The number of nitrogens with one attached hydrogen (secondary N) is 1. The summed E-state index contributed by atoms with van der Waals surface area (Å²) in [4.78, 5) is 11.8. The summed E-state index contributed by atoms with van der Waals surface area (Å²) in [6, 6.07) is 8.97. The Bertz CT molecular complexity index is 418. The van der Waals surface area contributed by atoms with E-state index in [0.29, 0.717) is 5.56 Å². The van der Waals surface area contributed by atoms with Gasteiger partial charge in [-0.1, -0.05) is 31.5 Å². The van der Waals surface area contributed by atoms with Gasteiger partial charge >= 0.3 is 0 Å². The van der Waals surface area contributed by atoms with E-state index in [1.807, 2.05) is 39.0 Å². The first-order chi connectivity index (χ1) is 7.54. The molecule has 1 unspecified atom stereocenters. The van der Waals surface area contributed by atoms with E-state index in [4.69, 9.17) is 5.26 Å². The smallest absolute Gasteiger partial charge is 0.252 e. The summed E-state index contributed by atoms with van der Waals surface area (Å²) >= 11 is 0. The second-order valence-corrected chi connectivity index (χ2v) is 4.19. The molecular weight excluding hydrogens is 200 g/mol. The zero-order valence-electron chi connectivity index (χ0n) is 9.82. The third-order valence-electron chi connectivity index (χ3n) is 2.37. The number of aryl methyl sites for hydroxylation is 1. The molecule has 3 heteroatoms. The molecule has 0 aliphatic heterocycles. The Morgan fingerprint density at radius 1 is 1.44 bits per heavy atom. The van der Waals surface area contributed by atoms with E-state index in [2.05, 4.69) is 11.4 Å². The Balaban J connectivity index is 2.77. The van der Waals surface area contributed by atoms with E-state index in [1.165, 1.54) is 0 Å². The van der Waals surface area contributed by atoms with Crippen LogP contribution >= 0.6 is 0 Å². The summed E-state index contributed by atoms with van der Waals surface area (Å²) in [7, 11) is 0. The number of hydrogen-bond donors (Lipinski definition) is 1. The lowest BCUT2D eigenvalue weighted by molar-refractivity contribution is 0.0937. The van der Waals surface area contributed by atoms with Crippen molar-refractivity contribution in [3.8, 4) is 6.07 Å². The minimum absolute atomic E-state index is 0.110. The maximum Gasteiger partial charge on any atom is 0.252 e. The highest BCUT2D eigenvalue weighted by Crippen LogP contribution is 2.06. The van der Waals surface area contributed by atoms with E-state index in [0.717, 1.165) is 5.56 Å². The van der Waals surface area contributed by atoms with Crippen LogP contribution < -0.4 is 5.32 Å². The Morgan fingerprint density at radius 3 is 2.62 bits per heavy atom. The molecule has 0 bridgehead atoms. The molecule has 1 atom stereocenters. The van der Waals surface area contributed by atoms with Gasteiger partial charge in [-0.2, -0.15) is 5.26 Å². The number of hydrogen-bond acceptors (Lipinski definition) is 2. The molecule has 84 valence electrons. The number of benzene rings is 1. The molecule has 0 fully saturated rings. The first kappa shape index (κ1) is 12.3. The maximum absolute atomic E-state index is 11.8. The molecule has 1 aromatic carbocycles. The summed E-state index contributed by atoms with van der Waals surface area (Å²) in [6.45, 7) is 5.75. The molecule has 0 saturated heterocycles. The third-order valence-corrected chi connectivity index (χ3v) is 2.37. The molecule has 0 spiro atoms. The van der Waals surface area contributed by atoms with Crippen molar-refractivity contribution >= 4 is 5.91 Å². The van der Waals surface area contributed by atoms with E-state index in [-0.39, 0.29) is 11.8 Å². The summed E-state index contributed by atoms with van der Waals surface area (Å²) in [6.07, 6.45) is 0. The van der Waals surface area contributed by atoms with Crippen LogP contribution in [-0.4, -0.2) is 11.9 Å². The number of carbonyl (C=O) groups is 1. The Labute approximate surface area is 96.1 Å². The van der Waals surface area contributed by atoms with Crippen LogP contribution in [-0.2, 0) is 0 Å². The quantitative estimate of drug-likeness (QED) is 0.842. The Morgan fingerprint density at radius 2 is 2.12 bits per heavy atom. The molecule has 0 saturated carbocycles. The molecule has 0 aliphatic rings. The standard InChI is InChI=1S/C13H16N2O/c1-9(2)12(8-14)15-13(16)11-6-4-5-10(3)7-11/h4-7,9,12H,1-3H3,(H,15,16). The molecule has 1 aromatic rings. The SMILES string of the molecule is Cc1cccc(C(=O)NC(C#N)C(C)C)c1. The zero-order chi connectivity index (χ0) is 12.1. The summed E-state index contributed by atoms with van der Waals surface area (Å²) in [5.41, 5.74) is 1.63. The molecule has 0 aromatic heterocycles. The van der Waals surface area contributed by atoms with Crippen molar-refractivity contribution in [3.63, 3.8) is 0 Å². The van der Waals surface area contributed by atoms with Gasteiger partial charge in [-0.15, -0.1) is 0 Å². The monoisotopic (exact) mass is 216 g/mol. The lowest BCUT2D eigenvalue weighted by Crippen LogP contribution is -2.37. The largest absolute Gasteiger partial charge is 0.336 e. The predicted octanol–water partition coefficient (Wildman–Crippen LogP) is 2.27. The average molecular weight is 216 g/mol. The second-order valence-electron chi connectivity index (χ2n) is 4.19. The number of carbonyl (C=O) groups excluding carboxylic acids is 1. The van der Waals surface area contributed by atoms with Gasteiger partial charge in [-0.25, -0.2) is 0 Å². The Kier molecular flexibility index (Phi) is 4.07. The second kappa shape index (κ2) is 5.32. The molecule has 0 aliphatic carbocycles. The minimum Gasteiger partial charge on any atom is -0.336 e. The van der Waals surface area contributed by atoms with Gasteiger partial charge in [0.25, 0.3) is 5.91 Å². The molecule has 3 nitrogen and oxygen atoms in total. The lowest BCUT2D eigenvalue weighted by atomic mass is 10.0. The number of nitriles is 1. The van der Waals surface area contributed by atoms with Crippen LogP contribution in [0.1, 0.15) is 29.8 Å². The van der Waals surface area contributed by atoms with Gasteiger partial charge in [0, 0.05) is 5.56 Å². The Hall–Kier alpha value is -1.82. The minimum atomic E-state index is -0.437.